The van der Waals surface area contributed by atoms with Crippen LogP contribution in [0.3, 0.4) is 0 Å². The molecule has 0 bridgehead atoms. The van der Waals surface area contributed by atoms with Gasteiger partial charge in [0.25, 0.3) is 11.5 Å². The van der Waals surface area contributed by atoms with Crippen LogP contribution in [-0.4, -0.2) is 53.9 Å². The number of ether oxygens (including phenoxy) is 1. The number of amides is 1. The molecule has 0 saturated carbocycles. The van der Waals surface area contributed by atoms with E-state index in [0.29, 0.717) is 35.6 Å². The van der Waals surface area contributed by atoms with Gasteiger partial charge in [-0.2, -0.15) is 5.10 Å². The fourth-order valence-electron chi connectivity index (χ4n) is 3.59. The molecule has 1 amide bonds. The van der Waals surface area contributed by atoms with E-state index in [0.717, 1.165) is 18.7 Å². The van der Waals surface area contributed by atoms with E-state index >= 15 is 0 Å². The molecule has 2 heterocycles. The summed E-state index contributed by atoms with van der Waals surface area (Å²) in [5.41, 5.74) is 0.956. The number of hydrogen-bond donors (Lipinski definition) is 2. The lowest BCUT2D eigenvalue weighted by atomic mass is 10.0. The summed E-state index contributed by atoms with van der Waals surface area (Å²) < 4.78 is 5.47. The molecule has 1 unspecified atom stereocenters. The highest BCUT2D eigenvalue weighted by Gasteiger charge is 2.24. The first-order valence-corrected chi connectivity index (χ1v) is 9.84. The Bertz CT molecular complexity index is 1060. The summed E-state index contributed by atoms with van der Waals surface area (Å²) in [7, 11) is 0. The zero-order valence-corrected chi connectivity index (χ0v) is 16.5. The topological polar surface area (TPSA) is 87.3 Å². The van der Waals surface area contributed by atoms with Crippen LogP contribution in [0.15, 0.2) is 53.3 Å². The molecular weight excluding hydrogens is 392 g/mol. The van der Waals surface area contributed by atoms with E-state index in [1.807, 2.05) is 24.3 Å². The number of aromatic amines is 1. The third kappa shape index (κ3) is 4.32. The van der Waals surface area contributed by atoms with Gasteiger partial charge in [0, 0.05) is 30.0 Å². The monoisotopic (exact) mass is 412 g/mol. The Kier molecular flexibility index (Phi) is 5.89. The van der Waals surface area contributed by atoms with Crippen molar-refractivity contribution in [3.8, 4) is 0 Å². The van der Waals surface area contributed by atoms with Gasteiger partial charge >= 0.3 is 0 Å². The molecular formula is C21H21ClN4O3. The van der Waals surface area contributed by atoms with Crippen molar-refractivity contribution in [1.29, 1.82) is 0 Å². The maximum Gasteiger partial charge on any atom is 0.272 e. The van der Waals surface area contributed by atoms with Gasteiger partial charge in [-0.05, 0) is 23.8 Å². The van der Waals surface area contributed by atoms with E-state index in [1.165, 1.54) is 0 Å². The first kappa shape index (κ1) is 19.6. The van der Waals surface area contributed by atoms with Gasteiger partial charge in [0.2, 0.25) is 0 Å². The molecule has 1 aliphatic heterocycles. The van der Waals surface area contributed by atoms with Crippen molar-refractivity contribution in [2.24, 2.45) is 0 Å². The van der Waals surface area contributed by atoms with E-state index < -0.39 is 0 Å². The fourth-order valence-corrected chi connectivity index (χ4v) is 3.72. The largest absolute Gasteiger partial charge is 0.379 e. The summed E-state index contributed by atoms with van der Waals surface area (Å²) in [6, 6.07) is 14.6. The Morgan fingerprint density at radius 2 is 1.83 bits per heavy atom. The molecule has 7 nitrogen and oxygen atoms in total. The summed E-state index contributed by atoms with van der Waals surface area (Å²) >= 11 is 6.04. The fraction of sp³-hybridized carbons (Fsp3) is 0.286. The Morgan fingerprint density at radius 1 is 1.14 bits per heavy atom. The highest BCUT2D eigenvalue weighted by atomic mass is 35.5. The normalized spacial score (nSPS) is 15.9. The van der Waals surface area contributed by atoms with Gasteiger partial charge in [-0.3, -0.25) is 14.5 Å². The minimum Gasteiger partial charge on any atom is -0.379 e. The average Bonchev–Trinajstić information content (AvgIpc) is 2.76. The standard InChI is InChI=1S/C21H21ClN4O3/c22-15-7-5-14(6-8-15)18(26-9-11-29-12-10-26)13-23-21(28)19-16-3-1-2-4-17(16)20(27)25-24-19/h1-8,18H,9-13H2,(H,23,28)(H,25,27). The summed E-state index contributed by atoms with van der Waals surface area (Å²) in [6.07, 6.45) is 0. The maximum atomic E-state index is 12.9. The minimum atomic E-state index is -0.329. The van der Waals surface area contributed by atoms with Gasteiger partial charge in [0.05, 0.1) is 24.6 Å². The Morgan fingerprint density at radius 3 is 2.55 bits per heavy atom. The number of nitrogens with zero attached hydrogens (tertiary/aromatic N) is 2. The lowest BCUT2D eigenvalue weighted by Crippen LogP contribution is -2.44. The Balaban J connectivity index is 1.57. The molecule has 2 N–H and O–H groups in total. The van der Waals surface area contributed by atoms with Gasteiger partial charge in [0.1, 0.15) is 0 Å². The lowest BCUT2D eigenvalue weighted by Gasteiger charge is -2.35. The Labute approximate surface area is 172 Å². The zero-order valence-electron chi connectivity index (χ0n) is 15.7. The number of benzene rings is 2. The van der Waals surface area contributed by atoms with Gasteiger partial charge in [0.15, 0.2) is 5.69 Å². The average molecular weight is 413 g/mol. The molecule has 4 rings (SSSR count). The van der Waals surface area contributed by atoms with Crippen molar-refractivity contribution in [1.82, 2.24) is 20.4 Å². The van der Waals surface area contributed by atoms with Crippen molar-refractivity contribution in [3.63, 3.8) is 0 Å². The highest BCUT2D eigenvalue weighted by Crippen LogP contribution is 2.23. The molecule has 0 aliphatic carbocycles. The summed E-state index contributed by atoms with van der Waals surface area (Å²) in [6.45, 7) is 3.27. The molecule has 1 aliphatic rings. The third-order valence-corrected chi connectivity index (χ3v) is 5.36. The molecule has 1 aromatic heterocycles. The third-order valence-electron chi connectivity index (χ3n) is 5.11. The number of nitrogens with one attached hydrogen (secondary N) is 2. The summed E-state index contributed by atoms with van der Waals surface area (Å²) in [5.74, 6) is -0.329. The number of fused-ring (bicyclic) bond motifs is 1. The van der Waals surface area contributed by atoms with Crippen LogP contribution in [-0.2, 0) is 4.74 Å². The van der Waals surface area contributed by atoms with Crippen molar-refractivity contribution >= 4 is 28.3 Å². The summed E-state index contributed by atoms with van der Waals surface area (Å²) in [5, 5.41) is 11.0. The second-order valence-electron chi connectivity index (χ2n) is 6.87. The molecule has 8 heteroatoms. The number of carbonyl (C=O) groups excluding carboxylic acids is 1. The number of morpholine rings is 1. The first-order chi connectivity index (χ1) is 14.1. The number of aromatic nitrogens is 2. The van der Waals surface area contributed by atoms with Gasteiger partial charge < -0.3 is 10.1 Å². The number of hydrogen-bond acceptors (Lipinski definition) is 5. The summed E-state index contributed by atoms with van der Waals surface area (Å²) in [4.78, 5) is 27.1. The second-order valence-corrected chi connectivity index (χ2v) is 7.31. The predicted molar refractivity (Wildman–Crippen MR) is 111 cm³/mol. The SMILES string of the molecule is O=C(NCC(c1ccc(Cl)cc1)N1CCOCC1)c1n[nH]c(=O)c2ccccc12. The van der Waals surface area contributed by atoms with Crippen molar-refractivity contribution < 1.29 is 9.53 Å². The van der Waals surface area contributed by atoms with Crippen LogP contribution >= 0.6 is 11.6 Å². The van der Waals surface area contributed by atoms with Crippen molar-refractivity contribution in [2.75, 3.05) is 32.8 Å². The molecule has 1 saturated heterocycles. The van der Waals surface area contributed by atoms with Crippen LogP contribution in [0, 0.1) is 0 Å². The number of H-pyrrole nitrogens is 1. The van der Waals surface area contributed by atoms with E-state index in [2.05, 4.69) is 20.4 Å². The van der Waals surface area contributed by atoms with Gasteiger partial charge in [-0.1, -0.05) is 41.9 Å². The van der Waals surface area contributed by atoms with E-state index in [-0.39, 0.29) is 23.2 Å². The van der Waals surface area contributed by atoms with Crippen LogP contribution in [0.25, 0.3) is 10.8 Å². The van der Waals surface area contributed by atoms with E-state index in [1.54, 1.807) is 24.3 Å². The molecule has 1 atom stereocenters. The van der Waals surface area contributed by atoms with Crippen LogP contribution < -0.4 is 10.9 Å². The first-order valence-electron chi connectivity index (χ1n) is 9.46. The smallest absolute Gasteiger partial charge is 0.272 e. The molecule has 0 spiro atoms. The Hall–Kier alpha value is -2.74. The van der Waals surface area contributed by atoms with Gasteiger partial charge in [-0.25, -0.2) is 5.10 Å². The second kappa shape index (κ2) is 8.73. The molecule has 2 aromatic carbocycles. The van der Waals surface area contributed by atoms with E-state index in [9.17, 15) is 9.59 Å². The van der Waals surface area contributed by atoms with Crippen molar-refractivity contribution in [2.45, 2.75) is 6.04 Å². The number of carbonyl (C=O) groups is 1. The zero-order chi connectivity index (χ0) is 20.2. The van der Waals surface area contributed by atoms with E-state index in [4.69, 9.17) is 16.3 Å². The lowest BCUT2D eigenvalue weighted by molar-refractivity contribution is 0.0162. The molecule has 150 valence electrons. The molecule has 3 aromatic rings. The van der Waals surface area contributed by atoms with Crippen LogP contribution in [0.4, 0.5) is 0 Å². The minimum absolute atomic E-state index is 0.0193. The maximum absolute atomic E-state index is 12.9. The number of halogens is 1. The molecule has 0 radical (unpaired) electrons. The number of rotatable bonds is 5. The van der Waals surface area contributed by atoms with Gasteiger partial charge in [-0.15, -0.1) is 0 Å². The quantitative estimate of drug-likeness (QED) is 0.671. The predicted octanol–water partition coefficient (Wildman–Crippen LogP) is 2.38. The van der Waals surface area contributed by atoms with Crippen molar-refractivity contribution in [3.05, 3.63) is 75.2 Å². The molecule has 29 heavy (non-hydrogen) atoms. The molecule has 1 fully saturated rings. The highest BCUT2D eigenvalue weighted by molar-refractivity contribution is 6.30. The van der Waals surface area contributed by atoms with Crippen LogP contribution in [0.5, 0.6) is 0 Å². The van der Waals surface area contributed by atoms with Crippen LogP contribution in [0.1, 0.15) is 22.1 Å². The van der Waals surface area contributed by atoms with Crippen LogP contribution in [0.2, 0.25) is 5.02 Å².